The third-order valence-corrected chi connectivity index (χ3v) is 2.36. The molecule has 0 aromatic heterocycles. The van der Waals surface area contributed by atoms with Gasteiger partial charge in [0.1, 0.15) is 6.54 Å². The molecule has 0 bridgehead atoms. The van der Waals surface area contributed by atoms with Crippen LogP contribution in [0.5, 0.6) is 0 Å². The standard InChI is InChI=1S/C10H14N4O5/c1-3-4-13-7(16)8(17)14(10(13)19)5-6(15)12-9(18)11-2/h3-5H2,1-2H3,(H2,11,12,15,18). The summed E-state index contributed by atoms with van der Waals surface area (Å²) in [5.74, 6) is -2.88. The van der Waals surface area contributed by atoms with Crippen molar-refractivity contribution in [3.05, 3.63) is 0 Å². The Balaban J connectivity index is 2.71. The smallest absolute Gasteiger partial charge is 0.334 e. The van der Waals surface area contributed by atoms with Crippen LogP contribution in [0.4, 0.5) is 9.59 Å². The Bertz CT molecular complexity index is 447. The van der Waals surface area contributed by atoms with E-state index in [4.69, 9.17) is 0 Å². The fourth-order valence-electron chi connectivity index (χ4n) is 1.48. The third kappa shape index (κ3) is 3.06. The molecule has 9 heteroatoms. The Hall–Kier alpha value is -2.45. The number of hydrogen-bond acceptors (Lipinski definition) is 5. The molecule has 0 radical (unpaired) electrons. The first-order chi connectivity index (χ1) is 8.92. The van der Waals surface area contributed by atoms with Crippen molar-refractivity contribution >= 4 is 29.8 Å². The predicted molar refractivity (Wildman–Crippen MR) is 61.7 cm³/mol. The second-order valence-electron chi connectivity index (χ2n) is 3.76. The van der Waals surface area contributed by atoms with Crippen LogP contribution in [-0.4, -0.2) is 59.7 Å². The summed E-state index contributed by atoms with van der Waals surface area (Å²) in [7, 11) is 1.31. The van der Waals surface area contributed by atoms with Crippen LogP contribution >= 0.6 is 0 Å². The number of rotatable bonds is 4. The molecular formula is C10H14N4O5. The van der Waals surface area contributed by atoms with Gasteiger partial charge in [0.25, 0.3) is 0 Å². The van der Waals surface area contributed by atoms with Crippen LogP contribution in [0.25, 0.3) is 0 Å². The maximum Gasteiger partial charge on any atom is 0.334 e. The fraction of sp³-hybridized carbons (Fsp3) is 0.500. The first-order valence-corrected chi connectivity index (χ1v) is 5.61. The SMILES string of the molecule is CCCN1C(=O)C(=O)N(CC(=O)NC(=O)NC)C1=O. The average Bonchev–Trinajstić information content (AvgIpc) is 2.56. The van der Waals surface area contributed by atoms with Gasteiger partial charge in [0, 0.05) is 13.6 Å². The highest BCUT2D eigenvalue weighted by Gasteiger charge is 2.44. The highest BCUT2D eigenvalue weighted by atomic mass is 16.2. The van der Waals surface area contributed by atoms with E-state index in [-0.39, 0.29) is 6.54 Å². The van der Waals surface area contributed by atoms with Gasteiger partial charge in [-0.05, 0) is 6.42 Å². The van der Waals surface area contributed by atoms with E-state index in [1.165, 1.54) is 7.05 Å². The predicted octanol–water partition coefficient (Wildman–Crippen LogP) is -1.36. The lowest BCUT2D eigenvalue weighted by atomic mass is 10.4. The summed E-state index contributed by atoms with van der Waals surface area (Å²) >= 11 is 0. The molecule has 0 aliphatic carbocycles. The minimum absolute atomic E-state index is 0.108. The normalized spacial score (nSPS) is 14.9. The van der Waals surface area contributed by atoms with Gasteiger partial charge >= 0.3 is 23.9 Å². The molecular weight excluding hydrogens is 256 g/mol. The van der Waals surface area contributed by atoms with E-state index in [0.29, 0.717) is 11.3 Å². The molecule has 0 unspecified atom stereocenters. The van der Waals surface area contributed by atoms with Gasteiger partial charge in [-0.2, -0.15) is 0 Å². The van der Waals surface area contributed by atoms with Crippen molar-refractivity contribution in [3.63, 3.8) is 0 Å². The van der Waals surface area contributed by atoms with Crippen LogP contribution in [0.3, 0.4) is 0 Å². The summed E-state index contributed by atoms with van der Waals surface area (Å²) in [5, 5.41) is 4.04. The molecule has 0 spiro atoms. The molecule has 2 N–H and O–H groups in total. The lowest BCUT2D eigenvalue weighted by molar-refractivity contribution is -0.143. The van der Waals surface area contributed by atoms with Gasteiger partial charge in [-0.15, -0.1) is 0 Å². The molecule has 1 heterocycles. The molecule has 1 rings (SSSR count). The Labute approximate surface area is 108 Å². The average molecular weight is 270 g/mol. The van der Waals surface area contributed by atoms with Crippen molar-refractivity contribution in [2.45, 2.75) is 13.3 Å². The van der Waals surface area contributed by atoms with Gasteiger partial charge in [0.05, 0.1) is 0 Å². The van der Waals surface area contributed by atoms with Crippen LogP contribution in [0, 0.1) is 0 Å². The Morgan fingerprint density at radius 2 is 1.68 bits per heavy atom. The Kier molecular flexibility index (Phi) is 4.56. The maximum atomic E-state index is 11.7. The largest absolute Gasteiger partial charge is 0.341 e. The van der Waals surface area contributed by atoms with E-state index >= 15 is 0 Å². The van der Waals surface area contributed by atoms with Crippen molar-refractivity contribution in [2.75, 3.05) is 20.1 Å². The first kappa shape index (κ1) is 14.6. The monoisotopic (exact) mass is 270 g/mol. The van der Waals surface area contributed by atoms with Gasteiger partial charge in [-0.25, -0.2) is 14.5 Å². The van der Waals surface area contributed by atoms with Crippen LogP contribution in [0.15, 0.2) is 0 Å². The molecule has 0 atom stereocenters. The zero-order valence-corrected chi connectivity index (χ0v) is 10.6. The van der Waals surface area contributed by atoms with Crippen LogP contribution in [0.1, 0.15) is 13.3 Å². The number of amides is 7. The summed E-state index contributed by atoms with van der Waals surface area (Å²) in [6, 6.07) is -1.61. The zero-order valence-electron chi connectivity index (χ0n) is 10.6. The molecule has 0 saturated carbocycles. The molecule has 1 aliphatic heterocycles. The third-order valence-electron chi connectivity index (χ3n) is 2.36. The van der Waals surface area contributed by atoms with Crippen molar-refractivity contribution in [1.82, 2.24) is 20.4 Å². The highest BCUT2D eigenvalue weighted by molar-refractivity contribution is 6.45. The number of urea groups is 2. The summed E-state index contributed by atoms with van der Waals surface area (Å²) < 4.78 is 0. The minimum Gasteiger partial charge on any atom is -0.341 e. The molecule has 0 aromatic rings. The first-order valence-electron chi connectivity index (χ1n) is 5.61. The summed E-state index contributed by atoms with van der Waals surface area (Å²) in [4.78, 5) is 58.3. The number of imide groups is 3. The quantitative estimate of drug-likeness (QED) is 0.483. The lowest BCUT2D eigenvalue weighted by Crippen LogP contribution is -2.45. The number of nitrogens with zero attached hydrogens (tertiary/aromatic N) is 2. The van der Waals surface area contributed by atoms with E-state index < -0.39 is 36.3 Å². The Morgan fingerprint density at radius 3 is 2.21 bits per heavy atom. The van der Waals surface area contributed by atoms with Crippen molar-refractivity contribution in [1.29, 1.82) is 0 Å². The number of carbonyl (C=O) groups is 5. The van der Waals surface area contributed by atoms with Crippen LogP contribution < -0.4 is 10.6 Å². The zero-order chi connectivity index (χ0) is 14.6. The second-order valence-corrected chi connectivity index (χ2v) is 3.76. The summed E-state index contributed by atoms with van der Waals surface area (Å²) in [6.07, 6.45) is 0.503. The fourth-order valence-corrected chi connectivity index (χ4v) is 1.48. The molecule has 1 saturated heterocycles. The van der Waals surface area contributed by atoms with E-state index in [1.807, 2.05) is 5.32 Å². The summed E-state index contributed by atoms with van der Waals surface area (Å²) in [6.45, 7) is 1.18. The highest BCUT2D eigenvalue weighted by Crippen LogP contribution is 2.11. The number of carbonyl (C=O) groups excluding carboxylic acids is 5. The lowest BCUT2D eigenvalue weighted by Gasteiger charge is -2.14. The molecule has 9 nitrogen and oxygen atoms in total. The van der Waals surface area contributed by atoms with E-state index in [9.17, 15) is 24.0 Å². The topological polar surface area (TPSA) is 116 Å². The maximum absolute atomic E-state index is 11.7. The molecule has 1 aliphatic rings. The van der Waals surface area contributed by atoms with E-state index in [1.54, 1.807) is 6.92 Å². The number of nitrogens with one attached hydrogen (secondary N) is 2. The van der Waals surface area contributed by atoms with Gasteiger partial charge in [0.2, 0.25) is 5.91 Å². The van der Waals surface area contributed by atoms with Gasteiger partial charge in [0.15, 0.2) is 0 Å². The molecule has 104 valence electrons. The van der Waals surface area contributed by atoms with Gasteiger partial charge in [-0.3, -0.25) is 24.6 Å². The second kappa shape index (κ2) is 5.94. The van der Waals surface area contributed by atoms with Crippen LogP contribution in [0.2, 0.25) is 0 Å². The molecule has 0 aromatic carbocycles. The molecule has 7 amide bonds. The van der Waals surface area contributed by atoms with Crippen molar-refractivity contribution in [2.24, 2.45) is 0 Å². The molecule has 19 heavy (non-hydrogen) atoms. The number of hydrogen-bond donors (Lipinski definition) is 2. The van der Waals surface area contributed by atoms with Crippen molar-refractivity contribution < 1.29 is 24.0 Å². The van der Waals surface area contributed by atoms with Crippen molar-refractivity contribution in [3.8, 4) is 0 Å². The van der Waals surface area contributed by atoms with Gasteiger partial charge < -0.3 is 5.32 Å². The van der Waals surface area contributed by atoms with E-state index in [2.05, 4.69) is 5.32 Å². The Morgan fingerprint density at radius 1 is 1.11 bits per heavy atom. The van der Waals surface area contributed by atoms with Crippen LogP contribution in [-0.2, 0) is 14.4 Å². The summed E-state index contributed by atoms with van der Waals surface area (Å²) in [5.41, 5.74) is 0. The van der Waals surface area contributed by atoms with E-state index in [0.717, 1.165) is 4.90 Å². The van der Waals surface area contributed by atoms with Gasteiger partial charge in [-0.1, -0.05) is 6.92 Å². The minimum atomic E-state index is -1.06. The molecule has 1 fully saturated rings.